The molecular weight excluding hydrogens is 172 g/mol. The van der Waals surface area contributed by atoms with Gasteiger partial charge in [0.15, 0.2) is 0 Å². The van der Waals surface area contributed by atoms with Gasteiger partial charge in [0.2, 0.25) is 0 Å². The van der Waals surface area contributed by atoms with E-state index in [4.69, 9.17) is 5.11 Å². The van der Waals surface area contributed by atoms with E-state index >= 15 is 0 Å². The van der Waals surface area contributed by atoms with Crippen LogP contribution in [0.25, 0.3) is 0 Å². The van der Waals surface area contributed by atoms with Crippen LogP contribution in [0.1, 0.15) is 19.3 Å². The molecule has 0 aromatic heterocycles. The number of thioether (sulfide) groups is 1. The van der Waals surface area contributed by atoms with Crippen LogP contribution in [0.3, 0.4) is 0 Å². The Balaban J connectivity index is 2.00. The Labute approximate surface area is 76.7 Å². The van der Waals surface area contributed by atoms with E-state index in [1.807, 2.05) is 11.8 Å². The van der Waals surface area contributed by atoms with Crippen LogP contribution < -0.4 is 0 Å². The lowest BCUT2D eigenvalue weighted by Crippen LogP contribution is -2.26. The highest BCUT2D eigenvalue weighted by atomic mass is 32.2. The van der Waals surface area contributed by atoms with Gasteiger partial charge in [-0.1, -0.05) is 0 Å². The maximum atomic E-state index is 10.6. The molecule has 2 unspecified atom stereocenters. The third kappa shape index (κ3) is 1.47. The van der Waals surface area contributed by atoms with Crippen molar-refractivity contribution in [1.82, 2.24) is 0 Å². The molecule has 2 nitrogen and oxygen atoms in total. The quantitative estimate of drug-likeness (QED) is 0.715. The number of hydrogen-bond acceptors (Lipinski definition) is 2. The standard InChI is InChI=1S/C9H14O2S/c10-9(11)3-8-6-1-2-7(8)5-12-4-6/h6-8H,1-5H2,(H,10,11). The summed E-state index contributed by atoms with van der Waals surface area (Å²) in [6.07, 6.45) is 2.96. The Bertz CT molecular complexity index is 177. The fourth-order valence-corrected chi connectivity index (χ4v) is 4.13. The fourth-order valence-electron chi connectivity index (χ4n) is 2.56. The zero-order chi connectivity index (χ0) is 8.55. The Morgan fingerprint density at radius 1 is 1.33 bits per heavy atom. The summed E-state index contributed by atoms with van der Waals surface area (Å²) in [6, 6.07) is 0. The number of carboxylic acid groups (broad SMARTS) is 1. The van der Waals surface area contributed by atoms with Crippen LogP contribution in [-0.2, 0) is 4.79 Å². The van der Waals surface area contributed by atoms with Crippen molar-refractivity contribution in [2.75, 3.05) is 11.5 Å². The minimum Gasteiger partial charge on any atom is -0.481 e. The molecule has 0 spiro atoms. The number of carboxylic acids is 1. The number of fused-ring (bicyclic) bond motifs is 2. The molecule has 2 rings (SSSR count). The lowest BCUT2D eigenvalue weighted by molar-refractivity contribution is -0.138. The first kappa shape index (κ1) is 8.42. The van der Waals surface area contributed by atoms with E-state index in [9.17, 15) is 4.79 Å². The van der Waals surface area contributed by atoms with Crippen LogP contribution >= 0.6 is 11.8 Å². The van der Waals surface area contributed by atoms with Gasteiger partial charge in [0, 0.05) is 6.42 Å². The molecule has 68 valence electrons. The molecule has 2 atom stereocenters. The first-order chi connectivity index (χ1) is 5.77. The summed E-state index contributed by atoms with van der Waals surface area (Å²) >= 11 is 2.01. The molecule has 1 saturated heterocycles. The zero-order valence-electron chi connectivity index (χ0n) is 7.03. The Hall–Kier alpha value is -0.180. The van der Waals surface area contributed by atoms with Crippen molar-refractivity contribution in [3.05, 3.63) is 0 Å². The van der Waals surface area contributed by atoms with Crippen LogP contribution in [0.15, 0.2) is 0 Å². The minimum atomic E-state index is -0.608. The van der Waals surface area contributed by atoms with Crippen molar-refractivity contribution in [3.63, 3.8) is 0 Å². The molecule has 1 saturated carbocycles. The van der Waals surface area contributed by atoms with Gasteiger partial charge < -0.3 is 5.11 Å². The second-order valence-electron chi connectivity index (χ2n) is 3.90. The van der Waals surface area contributed by atoms with Crippen molar-refractivity contribution in [3.8, 4) is 0 Å². The van der Waals surface area contributed by atoms with Crippen LogP contribution in [0.2, 0.25) is 0 Å². The molecule has 2 fully saturated rings. The highest BCUT2D eigenvalue weighted by Crippen LogP contribution is 2.46. The largest absolute Gasteiger partial charge is 0.481 e. The summed E-state index contributed by atoms with van der Waals surface area (Å²) in [6.45, 7) is 0. The average molecular weight is 186 g/mol. The number of hydrogen-bond donors (Lipinski definition) is 1. The molecule has 1 aliphatic heterocycles. The topological polar surface area (TPSA) is 37.3 Å². The van der Waals surface area contributed by atoms with E-state index in [1.165, 1.54) is 24.3 Å². The van der Waals surface area contributed by atoms with E-state index in [0.29, 0.717) is 24.2 Å². The molecule has 1 aliphatic carbocycles. The van der Waals surface area contributed by atoms with Gasteiger partial charge in [0.05, 0.1) is 0 Å². The van der Waals surface area contributed by atoms with E-state index in [0.717, 1.165) is 0 Å². The predicted octanol–water partition coefficient (Wildman–Crippen LogP) is 1.85. The molecule has 2 aliphatic rings. The SMILES string of the molecule is O=C(O)CC1C2CCC1CSC2. The van der Waals surface area contributed by atoms with Gasteiger partial charge in [-0.05, 0) is 42.1 Å². The molecule has 0 aromatic carbocycles. The van der Waals surface area contributed by atoms with E-state index in [-0.39, 0.29) is 0 Å². The summed E-state index contributed by atoms with van der Waals surface area (Å²) in [5, 5.41) is 8.72. The fraction of sp³-hybridized carbons (Fsp3) is 0.889. The second kappa shape index (κ2) is 3.29. The van der Waals surface area contributed by atoms with Gasteiger partial charge >= 0.3 is 5.97 Å². The number of aliphatic carboxylic acids is 1. The maximum Gasteiger partial charge on any atom is 0.303 e. The normalized spacial score (nSPS) is 39.8. The summed E-state index contributed by atoms with van der Waals surface area (Å²) in [7, 11) is 0. The third-order valence-corrected chi connectivity index (χ3v) is 4.52. The van der Waals surface area contributed by atoms with E-state index in [2.05, 4.69) is 0 Å². The molecule has 0 aromatic rings. The van der Waals surface area contributed by atoms with Gasteiger partial charge in [-0.3, -0.25) is 4.79 Å². The monoisotopic (exact) mass is 186 g/mol. The smallest absolute Gasteiger partial charge is 0.303 e. The summed E-state index contributed by atoms with van der Waals surface area (Å²) in [5.41, 5.74) is 0. The van der Waals surface area contributed by atoms with Gasteiger partial charge in [-0.2, -0.15) is 11.8 Å². The first-order valence-corrected chi connectivity index (χ1v) is 5.72. The highest BCUT2D eigenvalue weighted by molar-refractivity contribution is 7.99. The van der Waals surface area contributed by atoms with Crippen LogP contribution in [0, 0.1) is 17.8 Å². The molecule has 0 radical (unpaired) electrons. The molecule has 3 heteroatoms. The summed E-state index contributed by atoms with van der Waals surface area (Å²) in [5.74, 6) is 3.73. The molecule has 12 heavy (non-hydrogen) atoms. The van der Waals surface area contributed by atoms with Gasteiger partial charge in [-0.15, -0.1) is 0 Å². The van der Waals surface area contributed by atoms with E-state index < -0.39 is 5.97 Å². The first-order valence-electron chi connectivity index (χ1n) is 4.57. The highest BCUT2D eigenvalue weighted by Gasteiger charge is 2.39. The van der Waals surface area contributed by atoms with Crippen molar-refractivity contribution >= 4 is 17.7 Å². The van der Waals surface area contributed by atoms with Crippen LogP contribution in [0.5, 0.6) is 0 Å². The molecular formula is C9H14O2S. The Kier molecular flexibility index (Phi) is 2.31. The average Bonchev–Trinajstić information content (AvgIpc) is 2.30. The number of rotatable bonds is 2. The molecule has 0 amide bonds. The Morgan fingerprint density at radius 3 is 2.42 bits per heavy atom. The second-order valence-corrected chi connectivity index (χ2v) is 4.97. The van der Waals surface area contributed by atoms with Crippen molar-refractivity contribution in [1.29, 1.82) is 0 Å². The molecule has 1 N–H and O–H groups in total. The molecule has 2 bridgehead atoms. The van der Waals surface area contributed by atoms with E-state index in [1.54, 1.807) is 0 Å². The molecule has 1 heterocycles. The van der Waals surface area contributed by atoms with Crippen LogP contribution in [0.4, 0.5) is 0 Å². The number of carbonyl (C=O) groups is 1. The summed E-state index contributed by atoms with van der Waals surface area (Å²) in [4.78, 5) is 10.6. The van der Waals surface area contributed by atoms with Gasteiger partial charge in [0.1, 0.15) is 0 Å². The maximum absolute atomic E-state index is 10.6. The zero-order valence-corrected chi connectivity index (χ0v) is 7.85. The Morgan fingerprint density at radius 2 is 1.92 bits per heavy atom. The minimum absolute atomic E-state index is 0.413. The lowest BCUT2D eigenvalue weighted by Gasteiger charge is -2.28. The van der Waals surface area contributed by atoms with Crippen molar-refractivity contribution < 1.29 is 9.90 Å². The summed E-state index contributed by atoms with van der Waals surface area (Å²) < 4.78 is 0. The van der Waals surface area contributed by atoms with Crippen molar-refractivity contribution in [2.24, 2.45) is 17.8 Å². The van der Waals surface area contributed by atoms with Gasteiger partial charge in [-0.25, -0.2) is 0 Å². The van der Waals surface area contributed by atoms with Gasteiger partial charge in [0.25, 0.3) is 0 Å². The van der Waals surface area contributed by atoms with Crippen LogP contribution in [-0.4, -0.2) is 22.6 Å². The van der Waals surface area contributed by atoms with Crippen molar-refractivity contribution in [2.45, 2.75) is 19.3 Å². The predicted molar refractivity (Wildman–Crippen MR) is 49.3 cm³/mol. The lowest BCUT2D eigenvalue weighted by atomic mass is 9.88. The third-order valence-electron chi connectivity index (χ3n) is 3.19.